The number of halogens is 1. The van der Waals surface area contributed by atoms with Crippen molar-refractivity contribution >= 4 is 27.0 Å². The van der Waals surface area contributed by atoms with Crippen LogP contribution in [0.4, 0.5) is 0 Å². The van der Waals surface area contributed by atoms with Gasteiger partial charge in [0.1, 0.15) is 12.1 Å². The van der Waals surface area contributed by atoms with Crippen LogP contribution in [-0.2, 0) is 13.0 Å². The second kappa shape index (κ2) is 4.89. The van der Waals surface area contributed by atoms with E-state index in [4.69, 9.17) is 4.42 Å². The molecular formula is C12H11BrN4O. The van der Waals surface area contributed by atoms with Crippen LogP contribution in [0.15, 0.2) is 34.9 Å². The molecule has 0 bridgehead atoms. The molecule has 3 rings (SSSR count). The molecule has 18 heavy (non-hydrogen) atoms. The average molecular weight is 307 g/mol. The minimum absolute atomic E-state index is 0.504. The van der Waals surface area contributed by atoms with Crippen LogP contribution in [0.1, 0.15) is 11.6 Å². The second-order valence-corrected chi connectivity index (χ2v) is 4.71. The Hall–Kier alpha value is -1.69. The van der Waals surface area contributed by atoms with Crippen molar-refractivity contribution in [1.82, 2.24) is 20.0 Å². The highest BCUT2D eigenvalue weighted by Crippen LogP contribution is 2.15. The average Bonchev–Trinajstić information content (AvgIpc) is 2.96. The van der Waals surface area contributed by atoms with Gasteiger partial charge in [0.25, 0.3) is 0 Å². The van der Waals surface area contributed by atoms with Gasteiger partial charge in [-0.25, -0.2) is 9.67 Å². The van der Waals surface area contributed by atoms with Gasteiger partial charge in [-0.2, -0.15) is 0 Å². The third-order valence-corrected chi connectivity index (χ3v) is 2.97. The zero-order chi connectivity index (χ0) is 12.4. The molecule has 3 aromatic rings. The fourth-order valence-corrected chi connectivity index (χ4v) is 2.16. The summed E-state index contributed by atoms with van der Waals surface area (Å²) < 4.78 is 7.37. The van der Waals surface area contributed by atoms with Gasteiger partial charge in [-0.1, -0.05) is 33.3 Å². The summed E-state index contributed by atoms with van der Waals surface area (Å²) in [7, 11) is 0. The fraction of sp³-hybridized carbons (Fsp3) is 0.250. The first-order chi connectivity index (χ1) is 8.85. The number of oxazole rings is 1. The fourth-order valence-electron chi connectivity index (χ4n) is 1.75. The summed E-state index contributed by atoms with van der Waals surface area (Å²) in [5, 5.41) is 9.00. The van der Waals surface area contributed by atoms with E-state index < -0.39 is 0 Å². The SMILES string of the molecule is BrCCc1cn(Cc2nc3ccccc3o2)nn1. The minimum atomic E-state index is 0.504. The maximum Gasteiger partial charge on any atom is 0.217 e. The van der Waals surface area contributed by atoms with Gasteiger partial charge in [0.15, 0.2) is 5.58 Å². The molecule has 0 aliphatic rings. The molecule has 0 saturated carbocycles. The normalized spacial score (nSPS) is 11.2. The van der Waals surface area contributed by atoms with Crippen LogP contribution in [0.5, 0.6) is 0 Å². The molecule has 0 saturated heterocycles. The molecule has 0 fully saturated rings. The van der Waals surface area contributed by atoms with Crippen LogP contribution >= 0.6 is 15.9 Å². The highest BCUT2D eigenvalue weighted by molar-refractivity contribution is 9.09. The maximum atomic E-state index is 5.63. The van der Waals surface area contributed by atoms with Crippen LogP contribution < -0.4 is 0 Å². The van der Waals surface area contributed by atoms with E-state index in [2.05, 4.69) is 31.2 Å². The molecule has 2 heterocycles. The molecule has 92 valence electrons. The largest absolute Gasteiger partial charge is 0.439 e. The quantitative estimate of drug-likeness (QED) is 0.695. The zero-order valence-corrected chi connectivity index (χ0v) is 11.2. The Morgan fingerprint density at radius 2 is 2.17 bits per heavy atom. The molecule has 6 heteroatoms. The van der Waals surface area contributed by atoms with Gasteiger partial charge in [0.05, 0.1) is 5.69 Å². The van der Waals surface area contributed by atoms with Crippen LogP contribution in [-0.4, -0.2) is 25.3 Å². The van der Waals surface area contributed by atoms with Gasteiger partial charge in [0, 0.05) is 17.9 Å². The lowest BCUT2D eigenvalue weighted by atomic mass is 10.3. The standard InChI is InChI=1S/C12H11BrN4O/c13-6-5-9-7-17(16-15-9)8-12-14-10-3-1-2-4-11(10)18-12/h1-4,7H,5-6,8H2. The first-order valence-corrected chi connectivity index (χ1v) is 6.77. The van der Waals surface area contributed by atoms with E-state index >= 15 is 0 Å². The van der Waals surface area contributed by atoms with Gasteiger partial charge < -0.3 is 4.42 Å². The van der Waals surface area contributed by atoms with Gasteiger partial charge >= 0.3 is 0 Å². The van der Waals surface area contributed by atoms with E-state index in [0.717, 1.165) is 28.5 Å². The first kappa shape index (κ1) is 11.4. The highest BCUT2D eigenvalue weighted by atomic mass is 79.9. The van der Waals surface area contributed by atoms with E-state index in [1.54, 1.807) is 4.68 Å². The van der Waals surface area contributed by atoms with E-state index in [1.807, 2.05) is 30.5 Å². The van der Waals surface area contributed by atoms with Crippen LogP contribution in [0.3, 0.4) is 0 Å². The molecule has 2 aromatic heterocycles. The van der Waals surface area contributed by atoms with Crippen molar-refractivity contribution in [3.63, 3.8) is 0 Å². The summed E-state index contributed by atoms with van der Waals surface area (Å²) in [4.78, 5) is 4.40. The number of alkyl halides is 1. The predicted molar refractivity (Wildman–Crippen MR) is 70.6 cm³/mol. The summed E-state index contributed by atoms with van der Waals surface area (Å²) in [6.45, 7) is 0.504. The van der Waals surface area contributed by atoms with Crippen molar-refractivity contribution in [3.05, 3.63) is 42.0 Å². The summed E-state index contributed by atoms with van der Waals surface area (Å²) in [5.74, 6) is 0.645. The highest BCUT2D eigenvalue weighted by Gasteiger charge is 2.07. The number of benzene rings is 1. The Balaban J connectivity index is 1.82. The zero-order valence-electron chi connectivity index (χ0n) is 9.58. The van der Waals surface area contributed by atoms with Gasteiger partial charge in [-0.05, 0) is 12.1 Å². The smallest absolute Gasteiger partial charge is 0.217 e. The topological polar surface area (TPSA) is 56.7 Å². The number of fused-ring (bicyclic) bond motifs is 1. The molecule has 0 aliphatic heterocycles. The Morgan fingerprint density at radius 3 is 3.00 bits per heavy atom. The number of hydrogen-bond acceptors (Lipinski definition) is 4. The van der Waals surface area contributed by atoms with Gasteiger partial charge in [0.2, 0.25) is 5.89 Å². The Labute approximate surface area is 112 Å². The molecule has 0 amide bonds. The molecule has 0 spiro atoms. The minimum Gasteiger partial charge on any atom is -0.439 e. The Morgan fingerprint density at radius 1 is 1.28 bits per heavy atom. The van der Waals surface area contributed by atoms with Crippen molar-refractivity contribution in [3.8, 4) is 0 Å². The second-order valence-electron chi connectivity index (χ2n) is 3.92. The molecular weight excluding hydrogens is 296 g/mol. The van der Waals surface area contributed by atoms with Crippen molar-refractivity contribution in [2.45, 2.75) is 13.0 Å². The predicted octanol–water partition coefficient (Wildman–Crippen LogP) is 2.41. The maximum absolute atomic E-state index is 5.63. The number of para-hydroxylation sites is 2. The van der Waals surface area contributed by atoms with Gasteiger partial charge in [-0.15, -0.1) is 5.10 Å². The van der Waals surface area contributed by atoms with Gasteiger partial charge in [-0.3, -0.25) is 0 Å². The van der Waals surface area contributed by atoms with Crippen LogP contribution in [0, 0.1) is 0 Å². The molecule has 0 N–H and O–H groups in total. The lowest BCUT2D eigenvalue weighted by Gasteiger charge is -1.93. The van der Waals surface area contributed by atoms with Crippen molar-refractivity contribution in [2.75, 3.05) is 5.33 Å². The third kappa shape index (κ3) is 2.28. The van der Waals surface area contributed by atoms with Crippen molar-refractivity contribution in [2.24, 2.45) is 0 Å². The van der Waals surface area contributed by atoms with Crippen molar-refractivity contribution in [1.29, 1.82) is 0 Å². The van der Waals surface area contributed by atoms with Crippen molar-refractivity contribution < 1.29 is 4.42 Å². The van der Waals surface area contributed by atoms with Crippen LogP contribution in [0.25, 0.3) is 11.1 Å². The molecule has 5 nitrogen and oxygen atoms in total. The Bertz CT molecular complexity index is 628. The summed E-state index contributed by atoms with van der Waals surface area (Å²) in [6, 6.07) is 7.71. The number of nitrogens with zero attached hydrogens (tertiary/aromatic N) is 4. The summed E-state index contributed by atoms with van der Waals surface area (Å²) in [5.41, 5.74) is 2.63. The van der Waals surface area contributed by atoms with Crippen LogP contribution in [0.2, 0.25) is 0 Å². The molecule has 0 unspecified atom stereocenters. The van der Waals surface area contributed by atoms with E-state index in [9.17, 15) is 0 Å². The lowest BCUT2D eigenvalue weighted by molar-refractivity contribution is 0.485. The third-order valence-electron chi connectivity index (χ3n) is 2.57. The Kier molecular flexibility index (Phi) is 3.10. The number of aryl methyl sites for hydroxylation is 1. The molecule has 1 aromatic carbocycles. The van der Waals surface area contributed by atoms with E-state index in [-0.39, 0.29) is 0 Å². The number of hydrogen-bond donors (Lipinski definition) is 0. The summed E-state index contributed by atoms with van der Waals surface area (Å²) in [6.07, 6.45) is 2.78. The number of rotatable bonds is 4. The molecule has 0 radical (unpaired) electrons. The number of aromatic nitrogens is 4. The first-order valence-electron chi connectivity index (χ1n) is 5.64. The monoisotopic (exact) mass is 306 g/mol. The summed E-state index contributed by atoms with van der Waals surface area (Å²) >= 11 is 3.38. The lowest BCUT2D eigenvalue weighted by Crippen LogP contribution is -2.00. The van der Waals surface area contributed by atoms with E-state index in [0.29, 0.717) is 12.4 Å². The molecule has 0 aliphatic carbocycles. The van der Waals surface area contributed by atoms with E-state index in [1.165, 1.54) is 0 Å². The molecule has 0 atom stereocenters.